The van der Waals surface area contributed by atoms with Gasteiger partial charge in [0, 0.05) is 23.1 Å². The van der Waals surface area contributed by atoms with Crippen LogP contribution in [0.4, 0.5) is 0 Å². The Labute approximate surface area is 124 Å². The Morgan fingerprint density at radius 1 is 1.05 bits per heavy atom. The average molecular weight is 276 g/mol. The van der Waals surface area contributed by atoms with Crippen molar-refractivity contribution in [3.05, 3.63) is 60.3 Å². The average Bonchev–Trinajstić information content (AvgIpc) is 2.90. The number of aromatic amines is 1. The predicted molar refractivity (Wildman–Crippen MR) is 85.4 cm³/mol. The van der Waals surface area contributed by atoms with E-state index in [4.69, 9.17) is 11.2 Å². The monoisotopic (exact) mass is 276 g/mol. The van der Waals surface area contributed by atoms with Crippen LogP contribution in [0.5, 0.6) is 11.5 Å². The number of para-hydroxylation sites is 1. The maximum atomic E-state index is 5.84. The fourth-order valence-corrected chi connectivity index (χ4v) is 2.22. The lowest BCUT2D eigenvalue weighted by molar-refractivity contribution is 0.483. The molecule has 104 valence electrons. The normalized spacial score (nSPS) is 10.4. The predicted octanol–water partition coefficient (Wildman–Crippen LogP) is 3.68. The van der Waals surface area contributed by atoms with E-state index in [1.54, 1.807) is 0 Å². The molecule has 0 amide bonds. The van der Waals surface area contributed by atoms with Gasteiger partial charge in [-0.15, -0.1) is 6.42 Å². The van der Waals surface area contributed by atoms with Gasteiger partial charge in [-0.1, -0.05) is 24.1 Å². The summed E-state index contributed by atoms with van der Waals surface area (Å²) >= 11 is 0. The van der Waals surface area contributed by atoms with Gasteiger partial charge in [0.15, 0.2) is 0 Å². The molecule has 0 saturated carbocycles. The smallest absolute Gasteiger partial charge is 0.128 e. The summed E-state index contributed by atoms with van der Waals surface area (Å²) in [5, 5.41) is 4.29. The highest BCUT2D eigenvalue weighted by Gasteiger charge is 2.03. The van der Waals surface area contributed by atoms with E-state index >= 15 is 0 Å². The zero-order valence-electron chi connectivity index (χ0n) is 11.6. The minimum atomic E-state index is 0.567. The lowest BCUT2D eigenvalue weighted by Gasteiger charge is -2.04. The second-order valence-corrected chi connectivity index (χ2v) is 4.77. The van der Waals surface area contributed by atoms with Gasteiger partial charge in [-0.25, -0.2) is 0 Å². The molecule has 0 atom stereocenters. The lowest BCUT2D eigenvalue weighted by Crippen LogP contribution is -2.12. The van der Waals surface area contributed by atoms with Gasteiger partial charge in [0.1, 0.15) is 11.5 Å². The molecule has 0 bridgehead atoms. The molecule has 2 aromatic carbocycles. The topological polar surface area (TPSA) is 37.0 Å². The van der Waals surface area contributed by atoms with Crippen LogP contribution in [0.2, 0.25) is 0 Å². The molecular formula is C18H16N2O. The third-order valence-corrected chi connectivity index (χ3v) is 3.17. The van der Waals surface area contributed by atoms with Crippen LogP contribution in [0.3, 0.4) is 0 Å². The Kier molecular flexibility index (Phi) is 3.90. The number of nitrogens with one attached hydrogen (secondary N) is 2. The molecule has 0 unspecified atom stereocenters. The van der Waals surface area contributed by atoms with E-state index in [1.807, 2.05) is 48.5 Å². The van der Waals surface area contributed by atoms with Crippen molar-refractivity contribution in [3.63, 3.8) is 0 Å². The largest absolute Gasteiger partial charge is 0.457 e. The zero-order chi connectivity index (χ0) is 14.5. The SMILES string of the molecule is C#CCNCc1cc2cc(Oc3ccccc3)ccc2[nH]1. The van der Waals surface area contributed by atoms with E-state index in [2.05, 4.69) is 22.3 Å². The standard InChI is InChI=1S/C18H16N2O/c1-2-10-19-13-15-11-14-12-17(8-9-18(14)20-15)21-16-6-4-3-5-7-16/h1,3-9,11-12,19-20H,10,13H2. The maximum Gasteiger partial charge on any atom is 0.128 e. The first-order valence-corrected chi connectivity index (χ1v) is 6.84. The van der Waals surface area contributed by atoms with Crippen molar-refractivity contribution >= 4 is 10.9 Å². The number of hydrogen-bond acceptors (Lipinski definition) is 2. The minimum Gasteiger partial charge on any atom is -0.457 e. The number of rotatable bonds is 5. The van der Waals surface area contributed by atoms with Crippen molar-refractivity contribution in [2.45, 2.75) is 6.54 Å². The molecule has 1 heterocycles. The molecule has 0 aliphatic carbocycles. The fourth-order valence-electron chi connectivity index (χ4n) is 2.22. The minimum absolute atomic E-state index is 0.567. The Hall–Kier alpha value is -2.70. The molecule has 2 N–H and O–H groups in total. The molecule has 0 aliphatic heterocycles. The van der Waals surface area contributed by atoms with Crippen molar-refractivity contribution in [2.75, 3.05) is 6.54 Å². The van der Waals surface area contributed by atoms with Crippen LogP contribution in [0.15, 0.2) is 54.6 Å². The molecule has 3 nitrogen and oxygen atoms in total. The van der Waals surface area contributed by atoms with Gasteiger partial charge in [-0.2, -0.15) is 0 Å². The Balaban J connectivity index is 1.78. The fraction of sp³-hybridized carbons (Fsp3) is 0.111. The van der Waals surface area contributed by atoms with Crippen molar-refractivity contribution in [1.82, 2.24) is 10.3 Å². The number of H-pyrrole nitrogens is 1. The molecule has 21 heavy (non-hydrogen) atoms. The Bertz CT molecular complexity index is 769. The third-order valence-electron chi connectivity index (χ3n) is 3.17. The molecule has 3 heteroatoms. The molecule has 1 aromatic heterocycles. The number of hydrogen-bond donors (Lipinski definition) is 2. The van der Waals surface area contributed by atoms with Crippen LogP contribution in [-0.2, 0) is 6.54 Å². The Morgan fingerprint density at radius 2 is 1.90 bits per heavy atom. The number of ether oxygens (including phenoxy) is 1. The summed E-state index contributed by atoms with van der Waals surface area (Å²) in [5.74, 6) is 4.23. The van der Waals surface area contributed by atoms with Crippen LogP contribution >= 0.6 is 0 Å². The first-order valence-electron chi connectivity index (χ1n) is 6.84. The van der Waals surface area contributed by atoms with Crippen molar-refractivity contribution in [2.24, 2.45) is 0 Å². The van der Waals surface area contributed by atoms with E-state index < -0.39 is 0 Å². The molecule has 3 rings (SSSR count). The van der Waals surface area contributed by atoms with Crippen molar-refractivity contribution in [1.29, 1.82) is 0 Å². The molecular weight excluding hydrogens is 260 g/mol. The third kappa shape index (κ3) is 3.25. The summed E-state index contributed by atoms with van der Waals surface area (Å²) in [5.41, 5.74) is 2.20. The summed E-state index contributed by atoms with van der Waals surface area (Å²) < 4.78 is 5.84. The van der Waals surface area contributed by atoms with Gasteiger partial charge >= 0.3 is 0 Å². The Morgan fingerprint density at radius 3 is 2.71 bits per heavy atom. The maximum absolute atomic E-state index is 5.84. The van der Waals surface area contributed by atoms with Crippen LogP contribution in [0.25, 0.3) is 10.9 Å². The van der Waals surface area contributed by atoms with Gasteiger partial charge in [0.25, 0.3) is 0 Å². The number of terminal acetylenes is 1. The molecule has 0 radical (unpaired) electrons. The van der Waals surface area contributed by atoms with E-state index in [9.17, 15) is 0 Å². The van der Waals surface area contributed by atoms with E-state index in [0.29, 0.717) is 6.54 Å². The highest BCUT2D eigenvalue weighted by atomic mass is 16.5. The van der Waals surface area contributed by atoms with Crippen LogP contribution < -0.4 is 10.1 Å². The second-order valence-electron chi connectivity index (χ2n) is 4.77. The molecule has 0 spiro atoms. The van der Waals surface area contributed by atoms with Crippen molar-refractivity contribution < 1.29 is 4.74 Å². The second kappa shape index (κ2) is 6.17. The summed E-state index contributed by atoms with van der Waals surface area (Å²) in [6.45, 7) is 1.30. The summed E-state index contributed by atoms with van der Waals surface area (Å²) in [6, 6.07) is 17.9. The van der Waals surface area contributed by atoms with E-state index in [0.717, 1.165) is 34.6 Å². The van der Waals surface area contributed by atoms with Crippen molar-refractivity contribution in [3.8, 4) is 23.8 Å². The van der Waals surface area contributed by atoms with Gasteiger partial charge in [-0.3, -0.25) is 0 Å². The zero-order valence-corrected chi connectivity index (χ0v) is 11.6. The van der Waals surface area contributed by atoms with Gasteiger partial charge in [-0.05, 0) is 36.4 Å². The number of aromatic nitrogens is 1. The molecule has 0 fully saturated rings. The van der Waals surface area contributed by atoms with Crippen LogP contribution in [0.1, 0.15) is 5.69 Å². The van der Waals surface area contributed by atoms with Gasteiger partial charge < -0.3 is 15.0 Å². The first kappa shape index (κ1) is 13.3. The summed E-state index contributed by atoms with van der Waals surface area (Å²) in [7, 11) is 0. The number of fused-ring (bicyclic) bond motifs is 1. The lowest BCUT2D eigenvalue weighted by atomic mass is 10.2. The summed E-state index contributed by atoms with van der Waals surface area (Å²) in [6.07, 6.45) is 5.22. The van der Waals surface area contributed by atoms with Crippen LogP contribution in [-0.4, -0.2) is 11.5 Å². The quantitative estimate of drug-likeness (QED) is 0.551. The van der Waals surface area contributed by atoms with E-state index in [-0.39, 0.29) is 0 Å². The summed E-state index contributed by atoms with van der Waals surface area (Å²) in [4.78, 5) is 3.36. The van der Waals surface area contributed by atoms with Gasteiger partial charge in [0.05, 0.1) is 6.54 Å². The first-order chi connectivity index (χ1) is 10.3. The van der Waals surface area contributed by atoms with Gasteiger partial charge in [0.2, 0.25) is 0 Å². The number of benzene rings is 2. The highest BCUT2D eigenvalue weighted by Crippen LogP contribution is 2.25. The molecule has 3 aromatic rings. The highest BCUT2D eigenvalue weighted by molar-refractivity contribution is 5.82. The van der Waals surface area contributed by atoms with Crippen LogP contribution in [0, 0.1) is 12.3 Å². The molecule has 0 saturated heterocycles. The molecule has 0 aliphatic rings. The van der Waals surface area contributed by atoms with E-state index in [1.165, 1.54) is 0 Å².